The average Bonchev–Trinajstić information content (AvgIpc) is 2.79. The Kier molecular flexibility index (Phi) is 11.0. The number of anilines is 2. The van der Waals surface area contributed by atoms with Crippen molar-refractivity contribution in [1.29, 1.82) is 0 Å². The minimum Gasteiger partial charge on any atom is -0.491 e. The molecule has 0 saturated heterocycles. The predicted octanol–water partition coefficient (Wildman–Crippen LogP) is 4.58. The minimum atomic E-state index is -4.40. The van der Waals surface area contributed by atoms with E-state index in [-0.39, 0.29) is 30.9 Å². The molecule has 35 heavy (non-hydrogen) atoms. The molecule has 0 aliphatic carbocycles. The fraction of sp³-hybridized carbons (Fsp3) is 0.440. The van der Waals surface area contributed by atoms with E-state index in [1.165, 1.54) is 19.1 Å². The molecule has 0 bridgehead atoms. The quantitative estimate of drug-likeness (QED) is 0.305. The van der Waals surface area contributed by atoms with E-state index in [1.54, 1.807) is 24.3 Å². The van der Waals surface area contributed by atoms with Gasteiger partial charge in [-0.3, -0.25) is 9.59 Å². The van der Waals surface area contributed by atoms with Crippen molar-refractivity contribution >= 4 is 23.2 Å². The number of ether oxygens (including phenoxy) is 1. The van der Waals surface area contributed by atoms with Gasteiger partial charge in [-0.15, -0.1) is 0 Å². The molecular weight excluding hydrogens is 463 g/mol. The molecule has 2 aromatic rings. The topological polar surface area (TPSA) is 99.7 Å². The second-order valence-corrected chi connectivity index (χ2v) is 8.35. The third-order valence-corrected chi connectivity index (χ3v) is 5.11. The summed E-state index contributed by atoms with van der Waals surface area (Å²) < 4.78 is 43.3. The maximum Gasteiger partial charge on any atom is 0.416 e. The Bertz CT molecular complexity index is 934. The van der Waals surface area contributed by atoms with Crippen molar-refractivity contribution in [2.24, 2.45) is 0 Å². The molecule has 0 aliphatic rings. The van der Waals surface area contributed by atoms with Crippen LogP contribution >= 0.6 is 0 Å². The molecule has 7 nitrogen and oxygen atoms in total. The standard InChI is InChI=1S/C25H32F3N3O4/c1-17(29-15-22(33)16-35-23-13-11-20(12-14-23)30-18(2)32)5-3-4-6-24(34)31-21-9-7-19(8-10-21)25(26,27)28/h7-14,17,22,29,33H,3-6,15-16H2,1-2H3,(H,30,32)(H,31,34)/t17-,22+/m1/s1. The monoisotopic (exact) mass is 495 g/mol. The van der Waals surface area contributed by atoms with Gasteiger partial charge in [0, 0.05) is 37.3 Å². The molecule has 2 amide bonds. The van der Waals surface area contributed by atoms with Crippen molar-refractivity contribution in [3.63, 3.8) is 0 Å². The van der Waals surface area contributed by atoms with Crippen LogP contribution in [0.25, 0.3) is 0 Å². The van der Waals surface area contributed by atoms with Gasteiger partial charge in [-0.2, -0.15) is 13.2 Å². The highest BCUT2D eigenvalue weighted by molar-refractivity contribution is 5.90. The van der Waals surface area contributed by atoms with Gasteiger partial charge < -0.3 is 25.8 Å². The number of carbonyl (C=O) groups is 2. The fourth-order valence-corrected chi connectivity index (χ4v) is 3.23. The Balaban J connectivity index is 1.56. The number of amides is 2. The number of nitrogens with one attached hydrogen (secondary N) is 3. The number of benzene rings is 2. The van der Waals surface area contributed by atoms with E-state index in [0.717, 1.165) is 25.0 Å². The van der Waals surface area contributed by atoms with Crippen LogP contribution in [0.1, 0.15) is 45.1 Å². The van der Waals surface area contributed by atoms with Crippen LogP contribution in [0, 0.1) is 0 Å². The number of rotatable bonds is 13. The van der Waals surface area contributed by atoms with Gasteiger partial charge in [0.2, 0.25) is 11.8 Å². The smallest absolute Gasteiger partial charge is 0.416 e. The van der Waals surface area contributed by atoms with Crippen LogP contribution in [-0.2, 0) is 15.8 Å². The number of alkyl halides is 3. The predicted molar refractivity (Wildman–Crippen MR) is 128 cm³/mol. The number of aliphatic hydroxyl groups excluding tert-OH is 1. The van der Waals surface area contributed by atoms with Crippen molar-refractivity contribution in [3.05, 3.63) is 54.1 Å². The van der Waals surface area contributed by atoms with Crippen LogP contribution in [0.3, 0.4) is 0 Å². The summed E-state index contributed by atoms with van der Waals surface area (Å²) in [5.74, 6) is 0.180. The lowest BCUT2D eigenvalue weighted by Crippen LogP contribution is -2.36. The van der Waals surface area contributed by atoms with Crippen LogP contribution in [0.5, 0.6) is 5.75 Å². The molecule has 2 rings (SSSR count). The molecule has 0 saturated carbocycles. The summed E-state index contributed by atoms with van der Waals surface area (Å²) in [6.45, 7) is 3.87. The first-order chi connectivity index (χ1) is 16.5. The van der Waals surface area contributed by atoms with Crippen molar-refractivity contribution in [2.45, 2.75) is 57.9 Å². The molecule has 0 aromatic heterocycles. The molecule has 0 radical (unpaired) electrons. The van der Waals surface area contributed by atoms with E-state index >= 15 is 0 Å². The maximum atomic E-state index is 12.6. The lowest BCUT2D eigenvalue weighted by atomic mass is 10.1. The first-order valence-electron chi connectivity index (χ1n) is 11.4. The Morgan fingerprint density at radius 2 is 1.57 bits per heavy atom. The number of halogens is 3. The second-order valence-electron chi connectivity index (χ2n) is 8.35. The first kappa shape index (κ1) is 28.1. The molecular formula is C25H32F3N3O4. The van der Waals surface area contributed by atoms with Crippen molar-refractivity contribution in [3.8, 4) is 5.75 Å². The summed E-state index contributed by atoms with van der Waals surface area (Å²) >= 11 is 0. The zero-order chi connectivity index (χ0) is 25.8. The minimum absolute atomic E-state index is 0.114. The first-order valence-corrected chi connectivity index (χ1v) is 11.4. The van der Waals surface area contributed by atoms with Gasteiger partial charge in [0.1, 0.15) is 18.5 Å². The van der Waals surface area contributed by atoms with Gasteiger partial charge in [-0.05, 0) is 68.3 Å². The van der Waals surface area contributed by atoms with E-state index in [1.807, 2.05) is 6.92 Å². The van der Waals surface area contributed by atoms with E-state index in [9.17, 15) is 27.9 Å². The van der Waals surface area contributed by atoms with Crippen molar-refractivity contribution in [2.75, 3.05) is 23.8 Å². The van der Waals surface area contributed by atoms with Crippen molar-refractivity contribution < 1.29 is 32.6 Å². The number of unbranched alkanes of at least 4 members (excludes halogenated alkanes) is 1. The van der Waals surface area contributed by atoms with Crippen LogP contribution in [0.2, 0.25) is 0 Å². The van der Waals surface area contributed by atoms with E-state index in [2.05, 4.69) is 16.0 Å². The van der Waals surface area contributed by atoms with Crippen LogP contribution in [0.15, 0.2) is 48.5 Å². The zero-order valence-corrected chi connectivity index (χ0v) is 19.8. The van der Waals surface area contributed by atoms with Crippen molar-refractivity contribution in [1.82, 2.24) is 5.32 Å². The normalized spacial score (nSPS) is 13.1. The molecule has 0 unspecified atom stereocenters. The summed E-state index contributed by atoms with van der Waals surface area (Å²) in [6.07, 6.45) is -2.63. The average molecular weight is 496 g/mol. The maximum absolute atomic E-state index is 12.6. The van der Waals surface area contributed by atoms with Crippen LogP contribution in [0.4, 0.5) is 24.5 Å². The summed E-state index contributed by atoms with van der Waals surface area (Å²) in [5, 5.41) is 18.6. The highest BCUT2D eigenvalue weighted by Crippen LogP contribution is 2.29. The van der Waals surface area contributed by atoms with E-state index in [0.29, 0.717) is 30.1 Å². The summed E-state index contributed by atoms with van der Waals surface area (Å²) in [5.41, 5.74) is 0.238. The van der Waals surface area contributed by atoms with Gasteiger partial charge in [0.25, 0.3) is 0 Å². The third-order valence-electron chi connectivity index (χ3n) is 5.11. The third kappa shape index (κ3) is 11.2. The van der Waals surface area contributed by atoms with Gasteiger partial charge in [0.15, 0.2) is 0 Å². The fourth-order valence-electron chi connectivity index (χ4n) is 3.23. The lowest BCUT2D eigenvalue weighted by Gasteiger charge is -2.17. The van der Waals surface area contributed by atoms with Crippen LogP contribution < -0.4 is 20.7 Å². The molecule has 192 valence electrons. The molecule has 0 spiro atoms. The molecule has 0 heterocycles. The highest BCUT2D eigenvalue weighted by atomic mass is 19.4. The van der Waals surface area contributed by atoms with E-state index < -0.39 is 17.8 Å². The van der Waals surface area contributed by atoms with Gasteiger partial charge in [0.05, 0.1) is 5.56 Å². The number of aliphatic hydroxyl groups is 1. The molecule has 2 atom stereocenters. The molecule has 4 N–H and O–H groups in total. The molecule has 2 aromatic carbocycles. The lowest BCUT2D eigenvalue weighted by molar-refractivity contribution is -0.137. The molecule has 10 heteroatoms. The van der Waals surface area contributed by atoms with Gasteiger partial charge in [-0.25, -0.2) is 0 Å². The second kappa shape index (κ2) is 13.7. The molecule has 0 fully saturated rings. The number of hydrogen-bond acceptors (Lipinski definition) is 5. The number of hydrogen-bond donors (Lipinski definition) is 4. The summed E-state index contributed by atoms with van der Waals surface area (Å²) in [7, 11) is 0. The summed E-state index contributed by atoms with van der Waals surface area (Å²) in [6, 6.07) is 11.3. The Morgan fingerprint density at radius 3 is 2.17 bits per heavy atom. The SMILES string of the molecule is CC(=O)Nc1ccc(OC[C@@H](O)CN[C@H](C)CCCCC(=O)Nc2ccc(C(F)(F)F)cc2)cc1. The highest BCUT2D eigenvalue weighted by Gasteiger charge is 2.29. The van der Waals surface area contributed by atoms with Gasteiger partial charge >= 0.3 is 6.18 Å². The Morgan fingerprint density at radius 1 is 0.971 bits per heavy atom. The molecule has 0 aliphatic heterocycles. The Hall–Kier alpha value is -3.11. The largest absolute Gasteiger partial charge is 0.491 e. The number of carbonyl (C=O) groups excluding carboxylic acids is 2. The van der Waals surface area contributed by atoms with Gasteiger partial charge in [-0.1, -0.05) is 6.42 Å². The summed E-state index contributed by atoms with van der Waals surface area (Å²) in [4.78, 5) is 23.0. The van der Waals surface area contributed by atoms with Crippen LogP contribution in [-0.4, -0.2) is 42.2 Å². The Labute approximate surface area is 203 Å². The van der Waals surface area contributed by atoms with E-state index in [4.69, 9.17) is 4.74 Å². The zero-order valence-electron chi connectivity index (χ0n) is 19.8.